The van der Waals surface area contributed by atoms with Gasteiger partial charge in [0.25, 0.3) is 0 Å². The van der Waals surface area contributed by atoms with Crippen LogP contribution in [0.1, 0.15) is 0 Å². The number of hydrogen-bond acceptors (Lipinski definition) is 2. The molecule has 2 aromatic carbocycles. The molecule has 0 aliphatic carbocycles. The maximum Gasteiger partial charge on any atom is 0.141 e. The van der Waals surface area contributed by atoms with Crippen LogP contribution in [0.15, 0.2) is 60.9 Å². The van der Waals surface area contributed by atoms with Crippen molar-refractivity contribution >= 4 is 22.6 Å². The number of fused-ring (bicyclic) bond motifs is 1. The predicted molar refractivity (Wildman–Crippen MR) is 83.7 cm³/mol. The molecule has 1 N–H and O–H groups in total. The van der Waals surface area contributed by atoms with Gasteiger partial charge in [-0.3, -0.25) is 0 Å². The molecule has 0 unspecified atom stereocenters. The van der Waals surface area contributed by atoms with E-state index in [0.717, 1.165) is 28.1 Å². The summed E-state index contributed by atoms with van der Waals surface area (Å²) in [4.78, 5) is 7.83. The number of hydrogen-bond donors (Lipinski definition) is 1. The molecular formula is C16H11ClN4. The van der Waals surface area contributed by atoms with Crippen LogP contribution in [-0.4, -0.2) is 19.7 Å². The molecule has 4 rings (SSSR count). The van der Waals surface area contributed by atoms with Crippen LogP contribution < -0.4 is 0 Å². The van der Waals surface area contributed by atoms with Crippen LogP contribution in [0.2, 0.25) is 5.02 Å². The lowest BCUT2D eigenvalue weighted by Gasteiger charge is -1.98. The summed E-state index contributed by atoms with van der Waals surface area (Å²) in [5, 5.41) is 5.07. The summed E-state index contributed by atoms with van der Waals surface area (Å²) in [6.07, 6.45) is 3.75. The van der Waals surface area contributed by atoms with Crippen LogP contribution in [0.5, 0.6) is 0 Å². The van der Waals surface area contributed by atoms with E-state index in [0.29, 0.717) is 5.02 Å². The summed E-state index contributed by atoms with van der Waals surface area (Å²) in [6.45, 7) is 0. The zero-order chi connectivity index (χ0) is 14.2. The molecule has 0 saturated carbocycles. The first-order valence-electron chi connectivity index (χ1n) is 6.55. The summed E-state index contributed by atoms with van der Waals surface area (Å²) in [5.74, 6) is 0.787. The second-order valence-corrected chi connectivity index (χ2v) is 5.19. The number of aromatic nitrogens is 4. The van der Waals surface area contributed by atoms with Gasteiger partial charge in [-0.05, 0) is 30.3 Å². The van der Waals surface area contributed by atoms with Gasteiger partial charge in [0.1, 0.15) is 5.82 Å². The van der Waals surface area contributed by atoms with E-state index in [2.05, 4.69) is 15.1 Å². The molecular weight excluding hydrogens is 284 g/mol. The summed E-state index contributed by atoms with van der Waals surface area (Å²) in [5.41, 5.74) is 3.76. The van der Waals surface area contributed by atoms with E-state index >= 15 is 0 Å². The average Bonchev–Trinajstić information content (AvgIpc) is 3.14. The van der Waals surface area contributed by atoms with E-state index in [1.54, 1.807) is 6.20 Å². The van der Waals surface area contributed by atoms with Crippen LogP contribution in [-0.2, 0) is 0 Å². The quantitative estimate of drug-likeness (QED) is 0.606. The van der Waals surface area contributed by atoms with Gasteiger partial charge in [0.2, 0.25) is 0 Å². The molecule has 5 heteroatoms. The average molecular weight is 295 g/mol. The van der Waals surface area contributed by atoms with Crippen LogP contribution in [0.25, 0.3) is 28.1 Å². The normalized spacial score (nSPS) is 11.1. The molecule has 2 aromatic heterocycles. The van der Waals surface area contributed by atoms with Gasteiger partial charge in [-0.25, -0.2) is 9.67 Å². The van der Waals surface area contributed by atoms with Crippen LogP contribution in [0.3, 0.4) is 0 Å². The fourth-order valence-electron chi connectivity index (χ4n) is 2.29. The lowest BCUT2D eigenvalue weighted by molar-refractivity contribution is 0.880. The Morgan fingerprint density at radius 1 is 1.05 bits per heavy atom. The Morgan fingerprint density at radius 3 is 2.76 bits per heavy atom. The summed E-state index contributed by atoms with van der Waals surface area (Å²) < 4.78 is 1.83. The highest BCUT2D eigenvalue weighted by molar-refractivity contribution is 6.31. The zero-order valence-electron chi connectivity index (χ0n) is 11.0. The fourth-order valence-corrected chi connectivity index (χ4v) is 2.46. The van der Waals surface area contributed by atoms with Gasteiger partial charge in [0.05, 0.1) is 28.5 Å². The lowest BCUT2D eigenvalue weighted by atomic mass is 10.3. The van der Waals surface area contributed by atoms with E-state index < -0.39 is 0 Å². The summed E-state index contributed by atoms with van der Waals surface area (Å²) in [7, 11) is 0. The van der Waals surface area contributed by atoms with Gasteiger partial charge in [0, 0.05) is 11.2 Å². The first kappa shape index (κ1) is 12.2. The topological polar surface area (TPSA) is 46.5 Å². The first-order valence-corrected chi connectivity index (χ1v) is 6.93. The smallest absolute Gasteiger partial charge is 0.141 e. The van der Waals surface area contributed by atoms with Crippen molar-refractivity contribution in [3.05, 3.63) is 65.9 Å². The standard InChI is InChI=1S/C16H11ClN4/c17-12-6-7-14-15(8-12)20-16(19-14)11-9-18-21(10-11)13-4-2-1-3-5-13/h1-10H,(H,19,20). The van der Waals surface area contributed by atoms with Crippen molar-refractivity contribution in [1.29, 1.82) is 0 Å². The number of para-hydroxylation sites is 1. The minimum atomic E-state index is 0.692. The Bertz CT molecular complexity index is 908. The van der Waals surface area contributed by atoms with Crippen LogP contribution >= 0.6 is 11.6 Å². The maximum absolute atomic E-state index is 5.99. The summed E-state index contributed by atoms with van der Waals surface area (Å²) in [6, 6.07) is 15.6. The molecule has 0 radical (unpaired) electrons. The van der Waals surface area contributed by atoms with Crippen molar-refractivity contribution in [3.8, 4) is 17.1 Å². The van der Waals surface area contributed by atoms with E-state index in [1.165, 1.54) is 0 Å². The van der Waals surface area contributed by atoms with Gasteiger partial charge in [-0.1, -0.05) is 29.8 Å². The molecule has 102 valence electrons. The highest BCUT2D eigenvalue weighted by atomic mass is 35.5. The van der Waals surface area contributed by atoms with Crippen molar-refractivity contribution in [2.75, 3.05) is 0 Å². The third-order valence-corrected chi connectivity index (χ3v) is 3.56. The maximum atomic E-state index is 5.99. The largest absolute Gasteiger partial charge is 0.338 e. The van der Waals surface area contributed by atoms with E-state index in [-0.39, 0.29) is 0 Å². The number of imidazole rings is 1. The van der Waals surface area contributed by atoms with Crippen LogP contribution in [0.4, 0.5) is 0 Å². The van der Waals surface area contributed by atoms with E-state index in [1.807, 2.05) is 59.4 Å². The molecule has 2 heterocycles. The molecule has 0 saturated heterocycles. The van der Waals surface area contributed by atoms with Crippen molar-refractivity contribution in [3.63, 3.8) is 0 Å². The zero-order valence-corrected chi connectivity index (χ0v) is 11.7. The molecule has 0 bridgehead atoms. The van der Waals surface area contributed by atoms with Gasteiger partial charge in [-0.2, -0.15) is 5.10 Å². The Morgan fingerprint density at radius 2 is 1.90 bits per heavy atom. The van der Waals surface area contributed by atoms with Gasteiger partial charge < -0.3 is 4.98 Å². The second kappa shape index (κ2) is 4.75. The minimum Gasteiger partial charge on any atom is -0.338 e. The third kappa shape index (κ3) is 2.19. The highest BCUT2D eigenvalue weighted by Crippen LogP contribution is 2.23. The number of nitrogens with one attached hydrogen (secondary N) is 1. The molecule has 0 spiro atoms. The monoisotopic (exact) mass is 294 g/mol. The minimum absolute atomic E-state index is 0.692. The molecule has 0 amide bonds. The van der Waals surface area contributed by atoms with E-state index in [9.17, 15) is 0 Å². The van der Waals surface area contributed by atoms with E-state index in [4.69, 9.17) is 11.6 Å². The number of benzene rings is 2. The molecule has 21 heavy (non-hydrogen) atoms. The molecule has 0 atom stereocenters. The summed E-state index contributed by atoms with van der Waals surface area (Å²) >= 11 is 5.99. The van der Waals surface area contributed by atoms with Gasteiger partial charge in [0.15, 0.2) is 0 Å². The molecule has 4 nitrogen and oxygen atoms in total. The fraction of sp³-hybridized carbons (Fsp3) is 0. The van der Waals surface area contributed by atoms with Crippen molar-refractivity contribution in [2.24, 2.45) is 0 Å². The number of rotatable bonds is 2. The number of aromatic amines is 1. The van der Waals surface area contributed by atoms with Crippen molar-refractivity contribution in [2.45, 2.75) is 0 Å². The Balaban J connectivity index is 1.77. The van der Waals surface area contributed by atoms with Crippen molar-refractivity contribution in [1.82, 2.24) is 19.7 Å². The van der Waals surface area contributed by atoms with Gasteiger partial charge >= 0.3 is 0 Å². The molecule has 4 aromatic rings. The third-order valence-electron chi connectivity index (χ3n) is 3.32. The number of nitrogens with zero attached hydrogens (tertiary/aromatic N) is 3. The van der Waals surface area contributed by atoms with Crippen LogP contribution in [0, 0.1) is 0 Å². The highest BCUT2D eigenvalue weighted by Gasteiger charge is 2.08. The number of halogens is 1. The Labute approximate surface area is 126 Å². The molecule has 0 aliphatic rings. The van der Waals surface area contributed by atoms with Gasteiger partial charge in [-0.15, -0.1) is 0 Å². The lowest BCUT2D eigenvalue weighted by Crippen LogP contribution is -1.92. The SMILES string of the molecule is Clc1ccc2nc(-c3cnn(-c4ccccc4)c3)[nH]c2c1. The number of H-pyrrole nitrogens is 1. The Hall–Kier alpha value is -2.59. The van der Waals surface area contributed by atoms with Crippen molar-refractivity contribution < 1.29 is 0 Å². The second-order valence-electron chi connectivity index (χ2n) is 4.76. The molecule has 0 aliphatic heterocycles. The Kier molecular flexibility index (Phi) is 2.75. The first-order chi connectivity index (χ1) is 10.3. The molecule has 0 fully saturated rings. The predicted octanol–water partition coefficient (Wildman–Crippen LogP) is 4.07.